The molecular weight excluding hydrogens is 463 g/mol. The lowest BCUT2D eigenvalue weighted by Gasteiger charge is -2.19. The van der Waals surface area contributed by atoms with Crippen LogP contribution >= 0.6 is 24.0 Å². The Morgan fingerprint density at radius 3 is 2.14 bits per heavy atom. The Kier molecular flexibility index (Phi) is 14.0. The van der Waals surface area contributed by atoms with Crippen LogP contribution in [0.5, 0.6) is 0 Å². The molecule has 0 radical (unpaired) electrons. The molecule has 0 heterocycles. The van der Waals surface area contributed by atoms with E-state index in [-0.39, 0.29) is 29.9 Å². The maximum Gasteiger partial charge on any atom is 0.253 e. The van der Waals surface area contributed by atoms with Crippen LogP contribution in [0.15, 0.2) is 29.3 Å². The fraction of sp³-hybridized carbons (Fsp3) is 0.636. The molecule has 0 aliphatic carbocycles. The fourth-order valence-electron chi connectivity index (χ4n) is 2.83. The number of carbonyl (C=O) groups excluding carboxylic acids is 1. The van der Waals surface area contributed by atoms with Crippen molar-refractivity contribution in [2.45, 2.75) is 67.0 Å². The zero-order chi connectivity index (χ0) is 20.2. The third-order valence-corrected chi connectivity index (χ3v) is 4.58. The van der Waals surface area contributed by atoms with E-state index in [1.54, 1.807) is 0 Å². The number of rotatable bonds is 10. The van der Waals surface area contributed by atoms with Crippen LogP contribution in [0.3, 0.4) is 0 Å². The van der Waals surface area contributed by atoms with Gasteiger partial charge in [-0.2, -0.15) is 0 Å². The first-order valence-corrected chi connectivity index (χ1v) is 10.3. The van der Waals surface area contributed by atoms with Crippen molar-refractivity contribution in [1.29, 1.82) is 0 Å². The standard InChI is InChI=1S/C22H38N4O.HI/c1-7-23-22(25-18(6)11-10-17(4)5)24-16-19-12-14-20(15-13-19)21(27)26(8-2)9-3;/h12-15,17-18H,7-11,16H2,1-6H3,(H2,23,24,25);1H. The van der Waals surface area contributed by atoms with Gasteiger partial charge in [-0.25, -0.2) is 4.99 Å². The van der Waals surface area contributed by atoms with Crippen LogP contribution in [-0.2, 0) is 6.54 Å². The Labute approximate surface area is 188 Å². The van der Waals surface area contributed by atoms with Crippen LogP contribution in [-0.4, -0.2) is 42.4 Å². The minimum absolute atomic E-state index is 0. The van der Waals surface area contributed by atoms with Gasteiger partial charge in [-0.15, -0.1) is 24.0 Å². The molecule has 1 unspecified atom stereocenters. The van der Waals surface area contributed by atoms with Gasteiger partial charge in [0.05, 0.1) is 6.54 Å². The van der Waals surface area contributed by atoms with Gasteiger partial charge in [-0.3, -0.25) is 4.79 Å². The number of aliphatic imine (C=N–C) groups is 1. The van der Waals surface area contributed by atoms with Crippen molar-refractivity contribution in [1.82, 2.24) is 15.5 Å². The zero-order valence-corrected chi connectivity index (χ0v) is 20.7. The second-order valence-electron chi connectivity index (χ2n) is 7.39. The van der Waals surface area contributed by atoms with Crippen LogP contribution in [0.2, 0.25) is 0 Å². The highest BCUT2D eigenvalue weighted by Gasteiger charge is 2.12. The largest absolute Gasteiger partial charge is 0.357 e. The van der Waals surface area contributed by atoms with Gasteiger partial charge in [-0.1, -0.05) is 26.0 Å². The number of nitrogens with zero attached hydrogens (tertiary/aromatic N) is 2. The van der Waals surface area contributed by atoms with Crippen molar-refractivity contribution in [2.24, 2.45) is 10.9 Å². The second-order valence-corrected chi connectivity index (χ2v) is 7.39. The number of halogens is 1. The van der Waals surface area contributed by atoms with Crippen LogP contribution in [0.4, 0.5) is 0 Å². The summed E-state index contributed by atoms with van der Waals surface area (Å²) < 4.78 is 0. The topological polar surface area (TPSA) is 56.7 Å². The second kappa shape index (κ2) is 14.7. The van der Waals surface area contributed by atoms with Gasteiger partial charge in [0.2, 0.25) is 0 Å². The normalized spacial score (nSPS) is 12.3. The molecule has 0 aromatic heterocycles. The summed E-state index contributed by atoms with van der Waals surface area (Å²) in [6.07, 6.45) is 2.33. The predicted octanol–water partition coefficient (Wildman–Crippen LogP) is 4.67. The first kappa shape index (κ1) is 26.7. The van der Waals surface area contributed by atoms with Crippen molar-refractivity contribution in [3.05, 3.63) is 35.4 Å². The summed E-state index contributed by atoms with van der Waals surface area (Å²) in [5.41, 5.74) is 1.83. The minimum Gasteiger partial charge on any atom is -0.357 e. The van der Waals surface area contributed by atoms with Gasteiger partial charge < -0.3 is 15.5 Å². The number of nitrogens with one attached hydrogen (secondary N) is 2. The van der Waals surface area contributed by atoms with E-state index in [1.165, 1.54) is 6.42 Å². The number of carbonyl (C=O) groups is 1. The first-order chi connectivity index (χ1) is 12.9. The molecule has 1 amide bonds. The molecule has 0 spiro atoms. The highest BCUT2D eigenvalue weighted by molar-refractivity contribution is 14.0. The van der Waals surface area contributed by atoms with Gasteiger partial charge in [0, 0.05) is 31.2 Å². The zero-order valence-electron chi connectivity index (χ0n) is 18.4. The average Bonchev–Trinajstić information content (AvgIpc) is 2.66. The van der Waals surface area contributed by atoms with E-state index < -0.39 is 0 Å². The Morgan fingerprint density at radius 2 is 1.64 bits per heavy atom. The quantitative estimate of drug-likeness (QED) is 0.278. The Morgan fingerprint density at radius 1 is 1.04 bits per heavy atom. The van der Waals surface area contributed by atoms with E-state index in [9.17, 15) is 4.79 Å². The Balaban J connectivity index is 0.00000729. The summed E-state index contributed by atoms with van der Waals surface area (Å²) in [5, 5.41) is 6.79. The first-order valence-electron chi connectivity index (χ1n) is 10.3. The summed E-state index contributed by atoms with van der Waals surface area (Å²) in [4.78, 5) is 18.9. The van der Waals surface area contributed by atoms with Gasteiger partial charge in [-0.05, 0) is 64.2 Å². The molecular formula is C22H39IN4O. The molecule has 6 heteroatoms. The Bertz CT molecular complexity index is 583. The van der Waals surface area contributed by atoms with E-state index in [2.05, 4.69) is 38.3 Å². The molecule has 2 N–H and O–H groups in total. The fourth-order valence-corrected chi connectivity index (χ4v) is 2.83. The molecule has 1 rings (SSSR count). The van der Waals surface area contributed by atoms with E-state index in [4.69, 9.17) is 4.99 Å². The molecule has 160 valence electrons. The summed E-state index contributed by atoms with van der Waals surface area (Å²) in [5.74, 6) is 1.65. The van der Waals surface area contributed by atoms with Gasteiger partial charge in [0.1, 0.15) is 0 Å². The molecule has 1 atom stereocenters. The van der Waals surface area contributed by atoms with Crippen LogP contribution in [0.1, 0.15) is 70.3 Å². The lowest BCUT2D eigenvalue weighted by molar-refractivity contribution is 0.0773. The highest BCUT2D eigenvalue weighted by Crippen LogP contribution is 2.09. The molecule has 0 saturated heterocycles. The summed E-state index contributed by atoms with van der Waals surface area (Å²) in [7, 11) is 0. The van der Waals surface area contributed by atoms with Crippen LogP contribution < -0.4 is 10.6 Å². The monoisotopic (exact) mass is 502 g/mol. The molecule has 0 aliphatic heterocycles. The van der Waals surface area contributed by atoms with E-state index in [0.717, 1.165) is 43.1 Å². The number of benzene rings is 1. The lowest BCUT2D eigenvalue weighted by Crippen LogP contribution is -2.42. The van der Waals surface area contributed by atoms with Crippen molar-refractivity contribution in [3.63, 3.8) is 0 Å². The molecule has 0 bridgehead atoms. The van der Waals surface area contributed by atoms with Gasteiger partial charge >= 0.3 is 0 Å². The van der Waals surface area contributed by atoms with E-state index in [1.807, 2.05) is 43.0 Å². The maximum atomic E-state index is 12.4. The number of hydrogen-bond acceptors (Lipinski definition) is 2. The van der Waals surface area contributed by atoms with Crippen molar-refractivity contribution in [3.8, 4) is 0 Å². The van der Waals surface area contributed by atoms with Crippen molar-refractivity contribution >= 4 is 35.8 Å². The molecule has 0 aliphatic rings. The molecule has 0 saturated carbocycles. The third-order valence-electron chi connectivity index (χ3n) is 4.58. The summed E-state index contributed by atoms with van der Waals surface area (Å²) >= 11 is 0. The number of hydrogen-bond donors (Lipinski definition) is 2. The van der Waals surface area contributed by atoms with E-state index in [0.29, 0.717) is 18.5 Å². The minimum atomic E-state index is 0. The average molecular weight is 502 g/mol. The lowest BCUT2D eigenvalue weighted by atomic mass is 10.0. The van der Waals surface area contributed by atoms with E-state index >= 15 is 0 Å². The van der Waals surface area contributed by atoms with Gasteiger partial charge in [0.25, 0.3) is 5.91 Å². The van der Waals surface area contributed by atoms with Crippen molar-refractivity contribution < 1.29 is 4.79 Å². The number of amides is 1. The van der Waals surface area contributed by atoms with Gasteiger partial charge in [0.15, 0.2) is 5.96 Å². The molecule has 5 nitrogen and oxygen atoms in total. The van der Waals surface area contributed by atoms with Crippen LogP contribution in [0, 0.1) is 5.92 Å². The molecule has 28 heavy (non-hydrogen) atoms. The maximum absolute atomic E-state index is 12.4. The summed E-state index contributed by atoms with van der Waals surface area (Å²) in [6, 6.07) is 8.17. The third kappa shape index (κ3) is 9.75. The van der Waals surface area contributed by atoms with Crippen molar-refractivity contribution in [2.75, 3.05) is 19.6 Å². The smallest absolute Gasteiger partial charge is 0.253 e. The molecule has 1 aromatic rings. The highest BCUT2D eigenvalue weighted by atomic mass is 127. The summed E-state index contributed by atoms with van der Waals surface area (Å²) in [6.45, 7) is 15.7. The Hall–Kier alpha value is -1.31. The predicted molar refractivity (Wildman–Crippen MR) is 131 cm³/mol. The molecule has 1 aromatic carbocycles. The van der Waals surface area contributed by atoms with Crippen LogP contribution in [0.25, 0.3) is 0 Å². The SMILES string of the molecule is CCNC(=NCc1ccc(C(=O)N(CC)CC)cc1)NC(C)CCC(C)C.I. The number of guanidine groups is 1. The molecule has 0 fully saturated rings.